The maximum Gasteiger partial charge on any atom is 0.0841 e. The number of alkyl halides is 1. The van der Waals surface area contributed by atoms with Crippen molar-refractivity contribution in [3.8, 4) is 0 Å². The summed E-state index contributed by atoms with van der Waals surface area (Å²) < 4.78 is 1.94. The molecule has 0 aliphatic heterocycles. The molecule has 0 spiro atoms. The summed E-state index contributed by atoms with van der Waals surface area (Å²) in [7, 11) is 1.99. The fourth-order valence-electron chi connectivity index (χ4n) is 2.13. The lowest BCUT2D eigenvalue weighted by Gasteiger charge is -2.04. The fourth-order valence-corrected chi connectivity index (χ4v) is 2.29. The van der Waals surface area contributed by atoms with Crippen LogP contribution in [-0.4, -0.2) is 21.7 Å². The highest BCUT2D eigenvalue weighted by atomic mass is 35.5. The van der Waals surface area contributed by atoms with Gasteiger partial charge in [0.15, 0.2) is 0 Å². The second-order valence-corrected chi connectivity index (χ2v) is 5.43. The topological polar surface area (TPSA) is 29.9 Å². The molecule has 0 amide bonds. The predicted molar refractivity (Wildman–Crippen MR) is 77.0 cm³/mol. The van der Waals surface area contributed by atoms with E-state index in [4.69, 9.17) is 11.6 Å². The molecule has 18 heavy (non-hydrogen) atoms. The van der Waals surface area contributed by atoms with Crippen molar-refractivity contribution in [2.75, 3.05) is 6.54 Å². The Morgan fingerprint density at radius 2 is 2.17 bits per heavy atom. The first kappa shape index (κ1) is 13.4. The van der Waals surface area contributed by atoms with Crippen molar-refractivity contribution in [1.82, 2.24) is 15.1 Å². The molecule has 0 aliphatic rings. The second-order valence-electron chi connectivity index (χ2n) is 4.69. The first-order valence-corrected chi connectivity index (χ1v) is 6.87. The molecular weight excluding hydrogens is 246 g/mol. The number of hydrogen-bond donors (Lipinski definition) is 1. The quantitative estimate of drug-likeness (QED) is 0.643. The minimum Gasteiger partial charge on any atom is -0.311 e. The molecule has 0 saturated carbocycles. The molecule has 1 atom stereocenters. The Morgan fingerprint density at radius 1 is 1.39 bits per heavy atom. The van der Waals surface area contributed by atoms with Gasteiger partial charge in [0.2, 0.25) is 0 Å². The van der Waals surface area contributed by atoms with Crippen LogP contribution in [0.1, 0.15) is 25.5 Å². The van der Waals surface area contributed by atoms with Crippen molar-refractivity contribution < 1.29 is 0 Å². The van der Waals surface area contributed by atoms with E-state index in [1.54, 1.807) is 0 Å². The molecule has 1 unspecified atom stereocenters. The van der Waals surface area contributed by atoms with Crippen LogP contribution in [0.15, 0.2) is 24.3 Å². The van der Waals surface area contributed by atoms with Gasteiger partial charge < -0.3 is 5.32 Å². The van der Waals surface area contributed by atoms with Crippen LogP contribution < -0.4 is 5.32 Å². The molecule has 0 aliphatic carbocycles. The number of aryl methyl sites for hydroxylation is 1. The smallest absolute Gasteiger partial charge is 0.0841 e. The standard InChI is InChI=1S/C14H20ClN3/c1-11(15)6-5-9-16-10-13-12-7-3-4-8-14(12)18(2)17-13/h3-4,7-8,11,16H,5-6,9-10H2,1-2H3. The summed E-state index contributed by atoms with van der Waals surface area (Å²) in [6.45, 7) is 3.84. The minimum atomic E-state index is 0.266. The third-order valence-electron chi connectivity index (χ3n) is 3.08. The molecular formula is C14H20ClN3. The lowest BCUT2D eigenvalue weighted by molar-refractivity contribution is 0.608. The molecule has 0 saturated heterocycles. The Balaban J connectivity index is 1.92. The van der Waals surface area contributed by atoms with Gasteiger partial charge in [-0.2, -0.15) is 5.10 Å². The number of para-hydroxylation sites is 1. The zero-order chi connectivity index (χ0) is 13.0. The summed E-state index contributed by atoms with van der Waals surface area (Å²) in [6.07, 6.45) is 2.16. The van der Waals surface area contributed by atoms with Gasteiger partial charge in [0.1, 0.15) is 0 Å². The maximum absolute atomic E-state index is 5.91. The third kappa shape index (κ3) is 3.24. The van der Waals surface area contributed by atoms with Crippen LogP contribution in [0.5, 0.6) is 0 Å². The molecule has 1 N–H and O–H groups in total. The Labute approximate surface area is 113 Å². The normalized spacial score (nSPS) is 13.1. The van der Waals surface area contributed by atoms with Gasteiger partial charge in [-0.25, -0.2) is 0 Å². The molecule has 1 aromatic carbocycles. The van der Waals surface area contributed by atoms with Crippen LogP contribution in [0.3, 0.4) is 0 Å². The number of hydrogen-bond acceptors (Lipinski definition) is 2. The van der Waals surface area contributed by atoms with Crippen LogP contribution >= 0.6 is 11.6 Å². The molecule has 2 rings (SSSR count). The number of fused-ring (bicyclic) bond motifs is 1. The highest BCUT2D eigenvalue weighted by Gasteiger charge is 2.06. The molecule has 1 aromatic heterocycles. The summed E-state index contributed by atoms with van der Waals surface area (Å²) >= 11 is 5.91. The summed E-state index contributed by atoms with van der Waals surface area (Å²) in [6, 6.07) is 8.33. The van der Waals surface area contributed by atoms with Gasteiger partial charge in [-0.1, -0.05) is 18.2 Å². The van der Waals surface area contributed by atoms with Crippen molar-refractivity contribution in [3.05, 3.63) is 30.0 Å². The van der Waals surface area contributed by atoms with Crippen molar-refractivity contribution in [1.29, 1.82) is 0 Å². The molecule has 1 heterocycles. The van der Waals surface area contributed by atoms with Crippen LogP contribution in [-0.2, 0) is 13.6 Å². The Bertz CT molecular complexity index is 505. The molecule has 0 radical (unpaired) electrons. The van der Waals surface area contributed by atoms with Crippen LogP contribution in [0.25, 0.3) is 10.9 Å². The number of nitrogens with one attached hydrogen (secondary N) is 1. The highest BCUT2D eigenvalue weighted by molar-refractivity contribution is 6.20. The van der Waals surface area contributed by atoms with Gasteiger partial charge >= 0.3 is 0 Å². The molecule has 4 heteroatoms. The SMILES string of the molecule is CC(Cl)CCCNCc1nn(C)c2ccccc12. The van der Waals surface area contributed by atoms with Crippen LogP contribution in [0, 0.1) is 0 Å². The van der Waals surface area contributed by atoms with E-state index >= 15 is 0 Å². The molecule has 2 aromatic rings. The van der Waals surface area contributed by atoms with E-state index in [9.17, 15) is 0 Å². The number of nitrogens with zero attached hydrogens (tertiary/aromatic N) is 2. The van der Waals surface area contributed by atoms with E-state index in [0.717, 1.165) is 31.6 Å². The first-order valence-electron chi connectivity index (χ1n) is 6.44. The maximum atomic E-state index is 5.91. The zero-order valence-corrected chi connectivity index (χ0v) is 11.7. The average molecular weight is 266 g/mol. The number of rotatable bonds is 6. The highest BCUT2D eigenvalue weighted by Crippen LogP contribution is 2.17. The van der Waals surface area contributed by atoms with E-state index in [1.165, 1.54) is 10.9 Å². The van der Waals surface area contributed by atoms with Crippen molar-refractivity contribution >= 4 is 22.5 Å². The molecule has 0 fully saturated rings. The fraction of sp³-hybridized carbons (Fsp3) is 0.500. The van der Waals surface area contributed by atoms with Crippen molar-refractivity contribution in [3.63, 3.8) is 0 Å². The minimum absolute atomic E-state index is 0.266. The number of halogens is 1. The average Bonchev–Trinajstić information content (AvgIpc) is 2.66. The van der Waals surface area contributed by atoms with Crippen LogP contribution in [0.2, 0.25) is 0 Å². The van der Waals surface area contributed by atoms with Gasteiger partial charge in [-0.05, 0) is 32.4 Å². The van der Waals surface area contributed by atoms with E-state index in [-0.39, 0.29) is 5.38 Å². The van der Waals surface area contributed by atoms with E-state index in [2.05, 4.69) is 28.6 Å². The number of benzene rings is 1. The predicted octanol–water partition coefficient (Wildman–Crippen LogP) is 3.07. The van der Waals surface area contributed by atoms with Gasteiger partial charge in [0, 0.05) is 24.4 Å². The Morgan fingerprint density at radius 3 is 2.94 bits per heavy atom. The van der Waals surface area contributed by atoms with E-state index in [1.807, 2.05) is 24.7 Å². The summed E-state index contributed by atoms with van der Waals surface area (Å²) in [5.41, 5.74) is 2.30. The Hall–Kier alpha value is -1.06. The van der Waals surface area contributed by atoms with Gasteiger partial charge in [0.25, 0.3) is 0 Å². The largest absolute Gasteiger partial charge is 0.311 e. The van der Waals surface area contributed by atoms with E-state index < -0.39 is 0 Å². The number of aromatic nitrogens is 2. The monoisotopic (exact) mass is 265 g/mol. The summed E-state index contributed by atoms with van der Waals surface area (Å²) in [4.78, 5) is 0. The van der Waals surface area contributed by atoms with Gasteiger partial charge in [-0.3, -0.25) is 4.68 Å². The van der Waals surface area contributed by atoms with Gasteiger partial charge in [-0.15, -0.1) is 11.6 Å². The lowest BCUT2D eigenvalue weighted by Crippen LogP contribution is -2.16. The third-order valence-corrected chi connectivity index (χ3v) is 3.30. The summed E-state index contributed by atoms with van der Waals surface area (Å²) in [5, 5.41) is 9.48. The molecule has 0 bridgehead atoms. The van der Waals surface area contributed by atoms with E-state index in [0.29, 0.717) is 0 Å². The van der Waals surface area contributed by atoms with Crippen molar-refractivity contribution in [2.45, 2.75) is 31.7 Å². The second kappa shape index (κ2) is 6.21. The zero-order valence-electron chi connectivity index (χ0n) is 11.0. The van der Waals surface area contributed by atoms with Gasteiger partial charge in [0.05, 0.1) is 11.2 Å². The Kier molecular flexibility index (Phi) is 4.61. The summed E-state index contributed by atoms with van der Waals surface area (Å²) in [5.74, 6) is 0. The first-order chi connectivity index (χ1) is 8.68. The molecule has 98 valence electrons. The lowest BCUT2D eigenvalue weighted by atomic mass is 10.2. The van der Waals surface area contributed by atoms with Crippen molar-refractivity contribution in [2.24, 2.45) is 7.05 Å². The molecule has 3 nitrogen and oxygen atoms in total. The van der Waals surface area contributed by atoms with Crippen LogP contribution in [0.4, 0.5) is 0 Å².